The van der Waals surface area contributed by atoms with Gasteiger partial charge in [0.15, 0.2) is 11.5 Å². The number of fused-ring (bicyclic) bond motifs is 4. The van der Waals surface area contributed by atoms with E-state index in [0.29, 0.717) is 36.6 Å². The van der Waals surface area contributed by atoms with Crippen LogP contribution < -0.4 is 14.2 Å². The van der Waals surface area contributed by atoms with Crippen molar-refractivity contribution in [3.63, 3.8) is 0 Å². The minimum Gasteiger partial charge on any atom is -0.493 e. The molecule has 37 heavy (non-hydrogen) atoms. The maximum absolute atomic E-state index is 13.8. The number of aromatic amines is 1. The third kappa shape index (κ3) is 4.27. The highest BCUT2D eigenvalue weighted by Gasteiger charge is 2.48. The van der Waals surface area contributed by atoms with Crippen molar-refractivity contribution in [3.05, 3.63) is 53.2 Å². The van der Waals surface area contributed by atoms with Crippen molar-refractivity contribution in [2.24, 2.45) is 0 Å². The second kappa shape index (κ2) is 10.3. The number of aliphatic hydroxyl groups is 1. The second-order valence-electron chi connectivity index (χ2n) is 9.49. The number of aliphatic hydroxyl groups excluding tert-OH is 1. The third-order valence-corrected chi connectivity index (χ3v) is 7.43. The highest BCUT2D eigenvalue weighted by atomic mass is 16.5. The molecule has 196 valence electrons. The lowest BCUT2D eigenvalue weighted by molar-refractivity contribution is -0.158. The van der Waals surface area contributed by atoms with E-state index in [1.165, 1.54) is 0 Å². The van der Waals surface area contributed by atoms with E-state index in [-0.39, 0.29) is 25.0 Å². The maximum atomic E-state index is 13.8. The van der Waals surface area contributed by atoms with Crippen LogP contribution in [0.2, 0.25) is 0 Å². The average Bonchev–Trinajstić information content (AvgIpc) is 3.30. The average molecular weight is 508 g/mol. The van der Waals surface area contributed by atoms with E-state index in [1.54, 1.807) is 31.1 Å². The number of amides is 2. The Balaban J connectivity index is 1.63. The Morgan fingerprint density at radius 3 is 2.41 bits per heavy atom. The molecule has 0 aliphatic carbocycles. The number of nitrogens with zero attached hydrogens (tertiary/aromatic N) is 2. The van der Waals surface area contributed by atoms with Crippen LogP contribution in [0.25, 0.3) is 10.9 Å². The van der Waals surface area contributed by atoms with Crippen molar-refractivity contribution < 1.29 is 28.9 Å². The van der Waals surface area contributed by atoms with E-state index in [4.69, 9.17) is 19.3 Å². The van der Waals surface area contributed by atoms with E-state index in [2.05, 4.69) is 4.98 Å². The first-order valence-electron chi connectivity index (χ1n) is 12.6. The van der Waals surface area contributed by atoms with Crippen molar-refractivity contribution in [3.8, 4) is 17.2 Å². The van der Waals surface area contributed by atoms with Crippen molar-refractivity contribution in [2.75, 3.05) is 41.0 Å². The van der Waals surface area contributed by atoms with Gasteiger partial charge < -0.3 is 34.1 Å². The molecule has 9 heteroatoms. The van der Waals surface area contributed by atoms with E-state index in [0.717, 1.165) is 40.6 Å². The minimum atomic E-state index is -0.616. The number of benzene rings is 2. The molecule has 2 atom stereocenters. The number of aromatic nitrogens is 1. The molecule has 0 bridgehead atoms. The number of piperazine rings is 1. The van der Waals surface area contributed by atoms with Crippen LogP contribution in [-0.2, 0) is 16.0 Å². The molecular formula is C28H33N3O6. The topological polar surface area (TPSA) is 104 Å². The molecule has 0 radical (unpaired) electrons. The van der Waals surface area contributed by atoms with Gasteiger partial charge in [-0.15, -0.1) is 0 Å². The van der Waals surface area contributed by atoms with E-state index in [9.17, 15) is 9.59 Å². The number of hydrogen-bond acceptors (Lipinski definition) is 6. The fourth-order valence-corrected chi connectivity index (χ4v) is 5.71. The zero-order chi connectivity index (χ0) is 26.1. The first-order valence-corrected chi connectivity index (χ1v) is 12.6. The zero-order valence-corrected chi connectivity index (χ0v) is 21.5. The summed E-state index contributed by atoms with van der Waals surface area (Å²) in [4.78, 5) is 34.4. The molecule has 1 saturated heterocycles. The van der Waals surface area contributed by atoms with Crippen LogP contribution in [0.3, 0.4) is 0 Å². The van der Waals surface area contributed by atoms with Crippen LogP contribution in [-0.4, -0.2) is 78.8 Å². The van der Waals surface area contributed by atoms with Crippen molar-refractivity contribution in [1.82, 2.24) is 14.8 Å². The molecule has 1 unspecified atom stereocenters. The molecule has 1 aromatic heterocycles. The lowest BCUT2D eigenvalue weighted by Crippen LogP contribution is -2.63. The van der Waals surface area contributed by atoms with E-state index < -0.39 is 12.1 Å². The van der Waals surface area contributed by atoms with Gasteiger partial charge in [0.25, 0.3) is 0 Å². The fourth-order valence-electron chi connectivity index (χ4n) is 5.71. The maximum Gasteiger partial charge on any atom is 0.246 e. The van der Waals surface area contributed by atoms with Gasteiger partial charge in [0.1, 0.15) is 6.04 Å². The van der Waals surface area contributed by atoms with Crippen molar-refractivity contribution in [2.45, 2.75) is 37.8 Å². The largest absolute Gasteiger partial charge is 0.493 e. The first kappa shape index (κ1) is 25.0. The van der Waals surface area contributed by atoms with Gasteiger partial charge >= 0.3 is 0 Å². The summed E-state index contributed by atoms with van der Waals surface area (Å²) >= 11 is 0. The molecule has 2 aliphatic heterocycles. The van der Waals surface area contributed by atoms with Gasteiger partial charge in [-0.3, -0.25) is 9.59 Å². The number of hydrogen-bond donors (Lipinski definition) is 2. The Labute approximate surface area is 215 Å². The summed E-state index contributed by atoms with van der Waals surface area (Å²) in [6.07, 6.45) is 2.69. The van der Waals surface area contributed by atoms with Gasteiger partial charge in [-0.1, -0.05) is 18.2 Å². The summed E-state index contributed by atoms with van der Waals surface area (Å²) in [6.45, 7) is 0.665. The van der Waals surface area contributed by atoms with Crippen LogP contribution in [0.15, 0.2) is 36.4 Å². The molecule has 3 heterocycles. The van der Waals surface area contributed by atoms with Gasteiger partial charge in [-0.2, -0.15) is 0 Å². The number of H-pyrrole nitrogens is 1. The van der Waals surface area contributed by atoms with E-state index in [1.807, 2.05) is 36.4 Å². The molecule has 0 saturated carbocycles. The molecule has 2 aromatic carbocycles. The summed E-state index contributed by atoms with van der Waals surface area (Å²) in [5, 5.41) is 10.1. The van der Waals surface area contributed by atoms with Crippen molar-refractivity contribution in [1.29, 1.82) is 0 Å². The number of para-hydroxylation sites is 1. The first-order chi connectivity index (χ1) is 18.0. The number of nitrogens with one attached hydrogen (secondary N) is 1. The summed E-state index contributed by atoms with van der Waals surface area (Å²) in [6, 6.07) is 10.6. The molecule has 0 spiro atoms. The lowest BCUT2D eigenvalue weighted by Gasteiger charge is -2.47. The molecule has 3 aromatic rings. The minimum absolute atomic E-state index is 0.0327. The predicted octanol–water partition coefficient (Wildman–Crippen LogP) is 3.04. The van der Waals surface area contributed by atoms with Gasteiger partial charge in [-0.05, 0) is 48.6 Å². The van der Waals surface area contributed by atoms with Gasteiger partial charge in [0, 0.05) is 36.2 Å². The SMILES string of the molecule is COc1cc(C2c3[nH]c4ccccc4c3C[C@H]3C(=O)N(CCCCCO)CC(=O)N23)cc(OC)c1OC. The van der Waals surface area contributed by atoms with Crippen LogP contribution in [0.1, 0.15) is 42.1 Å². The van der Waals surface area contributed by atoms with E-state index >= 15 is 0 Å². The lowest BCUT2D eigenvalue weighted by atomic mass is 9.86. The smallest absolute Gasteiger partial charge is 0.246 e. The standard InChI is InChI=1S/C28H33N3O6/c1-35-22-13-17(14-23(36-2)27(22)37-3)26-25-19(18-9-5-6-10-20(18)29-25)15-21-28(34)30(11-7-4-8-12-32)16-24(33)31(21)26/h5-6,9-10,13-14,21,26,29,32H,4,7-8,11-12,15-16H2,1-3H3/t21-,26?/m0/s1. The summed E-state index contributed by atoms with van der Waals surface area (Å²) in [7, 11) is 4.67. The monoisotopic (exact) mass is 507 g/mol. The number of carbonyl (C=O) groups excluding carboxylic acids is 2. The Bertz CT molecular complexity index is 1290. The molecule has 2 amide bonds. The number of unbranched alkanes of at least 4 members (excludes halogenated alkanes) is 2. The molecule has 1 fully saturated rings. The number of rotatable bonds is 9. The quantitative estimate of drug-likeness (QED) is 0.432. The second-order valence-corrected chi connectivity index (χ2v) is 9.49. The number of carbonyl (C=O) groups is 2. The van der Waals surface area contributed by atoms with Crippen molar-refractivity contribution >= 4 is 22.7 Å². The Morgan fingerprint density at radius 2 is 1.73 bits per heavy atom. The summed E-state index contributed by atoms with van der Waals surface area (Å²) in [5.74, 6) is 1.29. The zero-order valence-electron chi connectivity index (χ0n) is 21.5. The number of methoxy groups -OCH3 is 3. The number of ether oxygens (including phenoxy) is 3. The summed E-state index contributed by atoms with van der Waals surface area (Å²) in [5.41, 5.74) is 3.67. The molecule has 2 aliphatic rings. The summed E-state index contributed by atoms with van der Waals surface area (Å²) < 4.78 is 16.7. The Hall–Kier alpha value is -3.72. The Morgan fingerprint density at radius 1 is 1.00 bits per heavy atom. The van der Waals surface area contributed by atoms with Gasteiger partial charge in [-0.25, -0.2) is 0 Å². The van der Waals surface area contributed by atoms with Crippen LogP contribution in [0, 0.1) is 0 Å². The third-order valence-electron chi connectivity index (χ3n) is 7.43. The Kier molecular flexibility index (Phi) is 6.97. The molecule has 2 N–H and O–H groups in total. The highest BCUT2D eigenvalue weighted by molar-refractivity contribution is 5.97. The van der Waals surface area contributed by atoms with Gasteiger partial charge in [0.05, 0.1) is 33.9 Å². The highest BCUT2D eigenvalue weighted by Crippen LogP contribution is 2.47. The molecular weight excluding hydrogens is 474 g/mol. The van der Waals surface area contributed by atoms with Crippen LogP contribution >= 0.6 is 0 Å². The van der Waals surface area contributed by atoms with Gasteiger partial charge in [0.2, 0.25) is 17.6 Å². The van der Waals surface area contributed by atoms with Crippen LogP contribution in [0.5, 0.6) is 17.2 Å². The predicted molar refractivity (Wildman–Crippen MR) is 138 cm³/mol. The normalized spacial score (nSPS) is 19.1. The molecule has 9 nitrogen and oxygen atoms in total. The van der Waals surface area contributed by atoms with Crippen LogP contribution in [0.4, 0.5) is 0 Å². The fraction of sp³-hybridized carbons (Fsp3) is 0.429. The molecule has 5 rings (SSSR count).